The fourth-order valence-electron chi connectivity index (χ4n) is 3.91. The Labute approximate surface area is 163 Å². The topological polar surface area (TPSA) is 90.6 Å². The maximum atomic E-state index is 12.9. The smallest absolute Gasteiger partial charge is 0.237 e. The fraction of sp³-hybridized carbons (Fsp3) is 0.450. The maximum absolute atomic E-state index is 12.9. The lowest BCUT2D eigenvalue weighted by molar-refractivity contribution is -0.139. The molecule has 3 heterocycles. The number of amides is 2. The van der Waals surface area contributed by atoms with Crippen LogP contribution in [0, 0.1) is 0 Å². The van der Waals surface area contributed by atoms with Crippen LogP contribution in [0.3, 0.4) is 0 Å². The Morgan fingerprint density at radius 3 is 3.11 bits per heavy atom. The number of fused-ring (bicyclic) bond motifs is 1. The lowest BCUT2D eigenvalue weighted by Gasteiger charge is -2.36. The van der Waals surface area contributed by atoms with Crippen molar-refractivity contribution < 1.29 is 14.3 Å². The molecule has 1 saturated heterocycles. The van der Waals surface area contributed by atoms with E-state index in [1.165, 1.54) is 0 Å². The SMILES string of the molecule is COc1cccc(CN2CCNC(=O)C2CC(=O)N2CCc3[nH]ncc3C2)c1. The van der Waals surface area contributed by atoms with E-state index < -0.39 is 6.04 Å². The van der Waals surface area contributed by atoms with E-state index in [4.69, 9.17) is 4.74 Å². The van der Waals surface area contributed by atoms with E-state index >= 15 is 0 Å². The molecule has 0 radical (unpaired) electrons. The molecule has 8 nitrogen and oxygen atoms in total. The predicted molar refractivity (Wildman–Crippen MR) is 103 cm³/mol. The van der Waals surface area contributed by atoms with Crippen LogP contribution >= 0.6 is 0 Å². The summed E-state index contributed by atoms with van der Waals surface area (Å²) in [5.41, 5.74) is 3.22. The minimum absolute atomic E-state index is 0.00421. The van der Waals surface area contributed by atoms with Gasteiger partial charge in [-0.2, -0.15) is 5.10 Å². The molecule has 2 aromatic rings. The number of rotatable bonds is 5. The number of nitrogens with zero attached hydrogens (tertiary/aromatic N) is 3. The van der Waals surface area contributed by atoms with Gasteiger partial charge in [-0.1, -0.05) is 12.1 Å². The van der Waals surface area contributed by atoms with Gasteiger partial charge in [0.1, 0.15) is 5.75 Å². The fourth-order valence-corrected chi connectivity index (χ4v) is 3.91. The molecule has 0 spiro atoms. The number of ether oxygens (including phenoxy) is 1. The molecule has 1 fully saturated rings. The molecule has 0 bridgehead atoms. The molecule has 0 aliphatic carbocycles. The summed E-state index contributed by atoms with van der Waals surface area (Å²) >= 11 is 0. The monoisotopic (exact) mass is 383 g/mol. The summed E-state index contributed by atoms with van der Waals surface area (Å²) < 4.78 is 5.29. The standard InChI is InChI=1S/C20H25N5O3/c1-28-16-4-2-3-14(9-16)12-24-8-6-21-20(27)18(24)10-19(26)25-7-5-17-15(13-25)11-22-23-17/h2-4,9,11,18H,5-8,10,12-13H2,1H3,(H,21,27)(H,22,23). The first-order chi connectivity index (χ1) is 13.6. The van der Waals surface area contributed by atoms with E-state index in [-0.39, 0.29) is 18.2 Å². The number of nitrogens with one attached hydrogen (secondary N) is 2. The average molecular weight is 383 g/mol. The lowest BCUT2D eigenvalue weighted by Crippen LogP contribution is -2.56. The van der Waals surface area contributed by atoms with E-state index in [1.807, 2.05) is 29.2 Å². The van der Waals surface area contributed by atoms with Crippen molar-refractivity contribution in [3.05, 3.63) is 47.3 Å². The molecule has 1 unspecified atom stereocenters. The maximum Gasteiger partial charge on any atom is 0.237 e. The molecule has 2 amide bonds. The second-order valence-electron chi connectivity index (χ2n) is 7.27. The number of aromatic nitrogens is 2. The minimum atomic E-state index is -0.460. The van der Waals surface area contributed by atoms with Crippen molar-refractivity contribution in [3.8, 4) is 5.75 Å². The molecular formula is C20H25N5O3. The highest BCUT2D eigenvalue weighted by Crippen LogP contribution is 2.21. The van der Waals surface area contributed by atoms with E-state index in [2.05, 4.69) is 20.4 Å². The number of aromatic amines is 1. The van der Waals surface area contributed by atoms with Gasteiger partial charge in [-0.25, -0.2) is 0 Å². The Kier molecular flexibility index (Phi) is 5.29. The molecule has 28 heavy (non-hydrogen) atoms. The molecule has 2 aliphatic heterocycles. The average Bonchev–Trinajstić information content (AvgIpc) is 3.18. The summed E-state index contributed by atoms with van der Waals surface area (Å²) in [6, 6.07) is 7.36. The number of H-pyrrole nitrogens is 1. The zero-order valence-corrected chi connectivity index (χ0v) is 16.0. The predicted octanol–water partition coefficient (Wildman–Crippen LogP) is 0.694. The summed E-state index contributed by atoms with van der Waals surface area (Å²) in [5, 5.41) is 9.93. The summed E-state index contributed by atoms with van der Waals surface area (Å²) in [6.07, 6.45) is 2.73. The summed E-state index contributed by atoms with van der Waals surface area (Å²) in [4.78, 5) is 29.3. The van der Waals surface area contributed by atoms with Gasteiger partial charge >= 0.3 is 0 Å². The molecular weight excluding hydrogens is 358 g/mol. The molecule has 0 saturated carbocycles. The molecule has 1 atom stereocenters. The van der Waals surface area contributed by atoms with Crippen LogP contribution in [0.15, 0.2) is 30.5 Å². The number of carbonyl (C=O) groups is 2. The molecule has 2 N–H and O–H groups in total. The highest BCUT2D eigenvalue weighted by atomic mass is 16.5. The minimum Gasteiger partial charge on any atom is -0.497 e. The number of hydrogen-bond acceptors (Lipinski definition) is 5. The first-order valence-corrected chi connectivity index (χ1v) is 9.57. The zero-order chi connectivity index (χ0) is 19.5. The molecule has 8 heteroatoms. The highest BCUT2D eigenvalue weighted by molar-refractivity contribution is 5.89. The molecule has 148 valence electrons. The Morgan fingerprint density at radius 2 is 2.25 bits per heavy atom. The van der Waals surface area contributed by atoms with Crippen molar-refractivity contribution in [3.63, 3.8) is 0 Å². The number of piperazine rings is 1. The van der Waals surface area contributed by atoms with Gasteiger partial charge in [-0.3, -0.25) is 19.6 Å². The van der Waals surface area contributed by atoms with E-state index in [1.54, 1.807) is 13.3 Å². The highest BCUT2D eigenvalue weighted by Gasteiger charge is 2.33. The van der Waals surface area contributed by atoms with Crippen LogP contribution in [-0.2, 0) is 29.1 Å². The summed E-state index contributed by atoms with van der Waals surface area (Å²) in [5.74, 6) is 0.712. The van der Waals surface area contributed by atoms with Crippen molar-refractivity contribution in [1.29, 1.82) is 0 Å². The van der Waals surface area contributed by atoms with Gasteiger partial charge in [-0.15, -0.1) is 0 Å². The van der Waals surface area contributed by atoms with Crippen molar-refractivity contribution >= 4 is 11.8 Å². The third kappa shape index (κ3) is 3.87. The van der Waals surface area contributed by atoms with E-state index in [0.29, 0.717) is 32.7 Å². The van der Waals surface area contributed by atoms with Gasteiger partial charge < -0.3 is 15.0 Å². The van der Waals surface area contributed by atoms with Gasteiger partial charge in [0.15, 0.2) is 0 Å². The van der Waals surface area contributed by atoms with Crippen molar-refractivity contribution in [2.45, 2.75) is 32.0 Å². The molecule has 1 aromatic heterocycles. The van der Waals surface area contributed by atoms with Crippen LogP contribution in [0.25, 0.3) is 0 Å². The van der Waals surface area contributed by atoms with Crippen molar-refractivity contribution in [2.24, 2.45) is 0 Å². The van der Waals surface area contributed by atoms with E-state index in [9.17, 15) is 9.59 Å². The van der Waals surface area contributed by atoms with Crippen molar-refractivity contribution in [2.75, 3.05) is 26.7 Å². The normalized spacial score (nSPS) is 19.8. The van der Waals surface area contributed by atoms with Crippen LogP contribution in [0.5, 0.6) is 5.75 Å². The largest absolute Gasteiger partial charge is 0.497 e. The van der Waals surface area contributed by atoms with Gasteiger partial charge in [-0.05, 0) is 17.7 Å². The first kappa shape index (κ1) is 18.5. The van der Waals surface area contributed by atoms with Crippen LogP contribution in [0.2, 0.25) is 0 Å². The number of carbonyl (C=O) groups excluding carboxylic acids is 2. The van der Waals surface area contributed by atoms with Crippen LogP contribution in [0.1, 0.15) is 23.2 Å². The van der Waals surface area contributed by atoms with Crippen LogP contribution in [0.4, 0.5) is 0 Å². The molecule has 4 rings (SSSR count). The second kappa shape index (κ2) is 8.02. The lowest BCUT2D eigenvalue weighted by atomic mass is 10.0. The Hall–Kier alpha value is -2.87. The Bertz CT molecular complexity index is 865. The first-order valence-electron chi connectivity index (χ1n) is 9.57. The van der Waals surface area contributed by atoms with Crippen molar-refractivity contribution in [1.82, 2.24) is 25.3 Å². The number of benzene rings is 1. The van der Waals surface area contributed by atoms with Crippen LogP contribution < -0.4 is 10.1 Å². The number of hydrogen-bond donors (Lipinski definition) is 2. The quantitative estimate of drug-likeness (QED) is 0.793. The van der Waals surface area contributed by atoms with Gasteiger partial charge in [0.05, 0.1) is 25.8 Å². The summed E-state index contributed by atoms with van der Waals surface area (Å²) in [7, 11) is 1.64. The molecule has 2 aliphatic rings. The second-order valence-corrected chi connectivity index (χ2v) is 7.27. The third-order valence-corrected chi connectivity index (χ3v) is 5.48. The van der Waals surface area contributed by atoms with Gasteiger partial charge in [0.25, 0.3) is 0 Å². The van der Waals surface area contributed by atoms with Gasteiger partial charge in [0.2, 0.25) is 11.8 Å². The zero-order valence-electron chi connectivity index (χ0n) is 16.0. The number of methoxy groups -OCH3 is 1. The molecule has 1 aromatic carbocycles. The van der Waals surface area contributed by atoms with Gasteiger partial charge in [0, 0.05) is 50.4 Å². The Balaban J connectivity index is 1.44. The summed E-state index contributed by atoms with van der Waals surface area (Å²) in [6.45, 7) is 3.12. The van der Waals surface area contributed by atoms with Crippen LogP contribution in [-0.4, -0.2) is 64.6 Å². The third-order valence-electron chi connectivity index (χ3n) is 5.48. The van der Waals surface area contributed by atoms with E-state index in [0.717, 1.165) is 29.0 Å². The Morgan fingerprint density at radius 1 is 1.36 bits per heavy atom.